The van der Waals surface area contributed by atoms with Crippen molar-refractivity contribution in [3.63, 3.8) is 0 Å². The molecular formula is C19H23N3O3S. The fourth-order valence-electron chi connectivity index (χ4n) is 2.96. The lowest BCUT2D eigenvalue weighted by molar-refractivity contribution is -0.124. The van der Waals surface area contributed by atoms with Gasteiger partial charge in [0.15, 0.2) is 0 Å². The molecule has 26 heavy (non-hydrogen) atoms. The number of piperazine rings is 1. The van der Waals surface area contributed by atoms with Crippen molar-refractivity contribution in [2.75, 3.05) is 26.7 Å². The Bertz CT molecular complexity index is 851. The molecule has 7 heteroatoms. The second-order valence-corrected chi connectivity index (χ2v) is 8.50. The average molecular weight is 373 g/mol. The van der Waals surface area contributed by atoms with Crippen LogP contribution in [0.5, 0.6) is 0 Å². The number of carbonyl (C=O) groups excluding carboxylic acids is 1. The van der Waals surface area contributed by atoms with Crippen molar-refractivity contribution >= 4 is 15.9 Å². The summed E-state index contributed by atoms with van der Waals surface area (Å²) in [5.74, 6) is 0.0259. The van der Waals surface area contributed by atoms with Crippen LogP contribution in [0.3, 0.4) is 0 Å². The minimum atomic E-state index is -3.54. The van der Waals surface area contributed by atoms with Gasteiger partial charge >= 0.3 is 0 Å². The number of benzene rings is 2. The molecule has 0 radical (unpaired) electrons. The first-order valence-corrected chi connectivity index (χ1v) is 9.97. The Hall–Kier alpha value is -2.22. The highest BCUT2D eigenvalue weighted by Crippen LogP contribution is 2.18. The van der Waals surface area contributed by atoms with E-state index in [1.807, 2.05) is 47.4 Å². The maximum Gasteiger partial charge on any atom is 0.243 e. The fraction of sp³-hybridized carbons (Fsp3) is 0.316. The first-order valence-electron chi connectivity index (χ1n) is 8.53. The molecule has 1 heterocycles. The van der Waals surface area contributed by atoms with Gasteiger partial charge in [-0.15, -0.1) is 0 Å². The number of amides is 1. The molecule has 1 amide bonds. The Kier molecular flexibility index (Phi) is 5.70. The predicted molar refractivity (Wildman–Crippen MR) is 99.8 cm³/mol. The van der Waals surface area contributed by atoms with Crippen LogP contribution in [0, 0.1) is 0 Å². The van der Waals surface area contributed by atoms with E-state index in [0.29, 0.717) is 26.2 Å². The monoisotopic (exact) mass is 373 g/mol. The Labute approximate surface area is 154 Å². The summed E-state index contributed by atoms with van der Waals surface area (Å²) in [6.45, 7) is 2.78. The van der Waals surface area contributed by atoms with Gasteiger partial charge in [-0.25, -0.2) is 8.42 Å². The maximum absolute atomic E-state index is 12.7. The molecule has 2 aromatic carbocycles. The molecule has 138 valence electrons. The molecule has 3 rings (SSSR count). The van der Waals surface area contributed by atoms with Gasteiger partial charge in [-0.2, -0.15) is 4.31 Å². The predicted octanol–water partition coefficient (Wildman–Crippen LogP) is 1.44. The molecule has 0 saturated carbocycles. The van der Waals surface area contributed by atoms with Crippen molar-refractivity contribution in [3.05, 3.63) is 65.7 Å². The van der Waals surface area contributed by atoms with Gasteiger partial charge in [-0.3, -0.25) is 9.69 Å². The molecule has 2 aromatic rings. The van der Waals surface area contributed by atoms with Gasteiger partial charge < -0.3 is 5.32 Å². The summed E-state index contributed by atoms with van der Waals surface area (Å²) in [6.07, 6.45) is 0. The van der Waals surface area contributed by atoms with Gasteiger partial charge in [0.05, 0.1) is 11.4 Å². The summed E-state index contributed by atoms with van der Waals surface area (Å²) in [7, 11) is -1.95. The average Bonchev–Trinajstić information content (AvgIpc) is 2.63. The van der Waals surface area contributed by atoms with Gasteiger partial charge in [0.25, 0.3) is 0 Å². The van der Waals surface area contributed by atoms with Crippen LogP contribution in [-0.4, -0.2) is 50.2 Å². The van der Waals surface area contributed by atoms with E-state index in [-0.39, 0.29) is 10.8 Å². The fourth-order valence-corrected chi connectivity index (χ4v) is 4.12. The summed E-state index contributed by atoms with van der Waals surface area (Å²) < 4.78 is 26.8. The molecule has 1 aliphatic rings. The van der Waals surface area contributed by atoms with Crippen molar-refractivity contribution in [2.24, 2.45) is 0 Å². The molecule has 1 fully saturated rings. The number of sulfonamides is 1. The molecule has 0 aromatic heterocycles. The number of rotatable bonds is 6. The van der Waals surface area contributed by atoms with Crippen LogP contribution in [0.1, 0.15) is 11.1 Å². The van der Waals surface area contributed by atoms with Gasteiger partial charge in [0.1, 0.15) is 0 Å². The van der Waals surface area contributed by atoms with Crippen LogP contribution in [0.2, 0.25) is 0 Å². The van der Waals surface area contributed by atoms with Crippen LogP contribution < -0.4 is 5.32 Å². The lowest BCUT2D eigenvalue weighted by Crippen LogP contribution is -2.47. The molecule has 1 aliphatic heterocycles. The number of hydrogen-bond acceptors (Lipinski definition) is 4. The summed E-state index contributed by atoms with van der Waals surface area (Å²) in [4.78, 5) is 13.8. The zero-order valence-corrected chi connectivity index (χ0v) is 15.6. The number of carbonyl (C=O) groups is 1. The SMILES string of the molecule is CN(Cc1ccccc1)S(=O)(=O)c1ccc(CN2CCNC(=O)C2)cc1. The van der Waals surface area contributed by atoms with Crippen molar-refractivity contribution in [1.82, 2.24) is 14.5 Å². The van der Waals surface area contributed by atoms with E-state index in [1.54, 1.807) is 19.2 Å². The van der Waals surface area contributed by atoms with E-state index in [1.165, 1.54) is 4.31 Å². The Morgan fingerprint density at radius 1 is 1.04 bits per heavy atom. The van der Waals surface area contributed by atoms with Crippen LogP contribution in [-0.2, 0) is 27.9 Å². The van der Waals surface area contributed by atoms with Crippen molar-refractivity contribution < 1.29 is 13.2 Å². The molecule has 0 bridgehead atoms. The molecule has 6 nitrogen and oxygen atoms in total. The van der Waals surface area contributed by atoms with Crippen LogP contribution in [0.25, 0.3) is 0 Å². The molecule has 0 unspecified atom stereocenters. The van der Waals surface area contributed by atoms with Crippen LogP contribution in [0.4, 0.5) is 0 Å². The molecule has 0 spiro atoms. The van der Waals surface area contributed by atoms with E-state index < -0.39 is 10.0 Å². The topological polar surface area (TPSA) is 69.7 Å². The largest absolute Gasteiger partial charge is 0.354 e. The zero-order chi connectivity index (χ0) is 18.6. The highest BCUT2D eigenvalue weighted by atomic mass is 32.2. The third kappa shape index (κ3) is 4.49. The van der Waals surface area contributed by atoms with E-state index in [4.69, 9.17) is 0 Å². The van der Waals surface area contributed by atoms with Gasteiger partial charge in [-0.1, -0.05) is 42.5 Å². The van der Waals surface area contributed by atoms with Crippen molar-refractivity contribution in [3.8, 4) is 0 Å². The first kappa shape index (κ1) is 18.6. The Balaban J connectivity index is 1.67. The maximum atomic E-state index is 12.7. The molecule has 0 aliphatic carbocycles. The lowest BCUT2D eigenvalue weighted by Gasteiger charge is -2.26. The summed E-state index contributed by atoms with van der Waals surface area (Å²) >= 11 is 0. The van der Waals surface area contributed by atoms with Crippen molar-refractivity contribution in [1.29, 1.82) is 0 Å². The highest BCUT2D eigenvalue weighted by molar-refractivity contribution is 7.89. The van der Waals surface area contributed by atoms with Crippen LogP contribution in [0.15, 0.2) is 59.5 Å². The van der Waals surface area contributed by atoms with E-state index >= 15 is 0 Å². The smallest absolute Gasteiger partial charge is 0.243 e. The summed E-state index contributed by atoms with van der Waals surface area (Å²) in [5.41, 5.74) is 1.93. The minimum Gasteiger partial charge on any atom is -0.354 e. The summed E-state index contributed by atoms with van der Waals surface area (Å²) in [5, 5.41) is 2.79. The third-order valence-electron chi connectivity index (χ3n) is 4.40. The highest BCUT2D eigenvalue weighted by Gasteiger charge is 2.21. The van der Waals surface area contributed by atoms with E-state index in [2.05, 4.69) is 5.32 Å². The Morgan fingerprint density at radius 2 is 1.73 bits per heavy atom. The molecule has 1 N–H and O–H groups in total. The van der Waals surface area contributed by atoms with Gasteiger partial charge in [0.2, 0.25) is 15.9 Å². The second-order valence-electron chi connectivity index (χ2n) is 6.45. The van der Waals surface area contributed by atoms with Gasteiger partial charge in [-0.05, 0) is 23.3 Å². The normalized spacial score (nSPS) is 15.8. The first-order chi connectivity index (χ1) is 12.4. The quantitative estimate of drug-likeness (QED) is 0.832. The number of hydrogen-bond donors (Lipinski definition) is 1. The van der Waals surface area contributed by atoms with Crippen LogP contribution >= 0.6 is 0 Å². The molecule has 0 atom stereocenters. The Morgan fingerprint density at radius 3 is 2.38 bits per heavy atom. The van der Waals surface area contributed by atoms with E-state index in [9.17, 15) is 13.2 Å². The molecule has 1 saturated heterocycles. The number of nitrogens with one attached hydrogen (secondary N) is 1. The summed E-state index contributed by atoms with van der Waals surface area (Å²) in [6, 6.07) is 16.4. The third-order valence-corrected chi connectivity index (χ3v) is 6.22. The van der Waals surface area contributed by atoms with Gasteiger partial charge in [0, 0.05) is 33.2 Å². The number of nitrogens with zero attached hydrogens (tertiary/aromatic N) is 2. The standard InChI is InChI=1S/C19H23N3O3S/c1-21(13-16-5-3-2-4-6-16)26(24,25)18-9-7-17(8-10-18)14-22-12-11-20-19(23)15-22/h2-10H,11-15H2,1H3,(H,20,23). The zero-order valence-electron chi connectivity index (χ0n) is 14.8. The van der Waals surface area contributed by atoms with E-state index in [0.717, 1.165) is 17.7 Å². The van der Waals surface area contributed by atoms with Crippen molar-refractivity contribution in [2.45, 2.75) is 18.0 Å². The lowest BCUT2D eigenvalue weighted by atomic mass is 10.2. The second kappa shape index (κ2) is 7.99. The molecular weight excluding hydrogens is 350 g/mol. The minimum absolute atomic E-state index is 0.0259.